The van der Waals surface area contributed by atoms with Crippen LogP contribution in [0.25, 0.3) is 5.69 Å². The van der Waals surface area contributed by atoms with Gasteiger partial charge in [0.2, 0.25) is 0 Å². The molecule has 0 saturated carbocycles. The van der Waals surface area contributed by atoms with Crippen LogP contribution >= 0.6 is 0 Å². The van der Waals surface area contributed by atoms with Crippen molar-refractivity contribution in [2.75, 3.05) is 5.32 Å². The van der Waals surface area contributed by atoms with Gasteiger partial charge in [0.15, 0.2) is 0 Å². The van der Waals surface area contributed by atoms with Gasteiger partial charge in [-0.25, -0.2) is 13.5 Å². The number of anilines is 1. The Kier molecular flexibility index (Phi) is 4.19. The van der Waals surface area contributed by atoms with E-state index in [1.165, 1.54) is 28.9 Å². The van der Waals surface area contributed by atoms with Gasteiger partial charge in [-0.05, 0) is 42.5 Å². The third kappa shape index (κ3) is 3.37. The Bertz CT molecular complexity index is 876. The van der Waals surface area contributed by atoms with Crippen LogP contribution in [-0.2, 0) is 6.54 Å². The van der Waals surface area contributed by atoms with E-state index in [-0.39, 0.29) is 11.4 Å². The molecule has 3 rings (SSSR count). The SMILES string of the molecule is NC(=O)c1ccc(NCc2cn(-c3ccc(F)cc3)nn2)cc1F. The fourth-order valence-corrected chi connectivity index (χ4v) is 2.12. The summed E-state index contributed by atoms with van der Waals surface area (Å²) in [4.78, 5) is 11.0. The Labute approximate surface area is 135 Å². The minimum atomic E-state index is -0.818. The highest BCUT2D eigenvalue weighted by Crippen LogP contribution is 2.15. The number of nitrogens with one attached hydrogen (secondary N) is 1. The number of amides is 1. The molecule has 0 aliphatic heterocycles. The molecule has 8 heteroatoms. The van der Waals surface area contributed by atoms with Crippen LogP contribution in [0.3, 0.4) is 0 Å². The second kappa shape index (κ2) is 6.45. The van der Waals surface area contributed by atoms with Crippen LogP contribution in [0.4, 0.5) is 14.5 Å². The zero-order valence-electron chi connectivity index (χ0n) is 12.4. The van der Waals surface area contributed by atoms with E-state index in [1.54, 1.807) is 24.4 Å². The minimum absolute atomic E-state index is 0.164. The summed E-state index contributed by atoms with van der Waals surface area (Å²) in [5, 5.41) is 10.9. The van der Waals surface area contributed by atoms with Crippen LogP contribution in [0.1, 0.15) is 16.1 Å². The predicted molar refractivity (Wildman–Crippen MR) is 83.6 cm³/mol. The van der Waals surface area contributed by atoms with Crippen molar-refractivity contribution in [2.45, 2.75) is 6.54 Å². The number of aromatic nitrogens is 3. The molecule has 0 bridgehead atoms. The summed E-state index contributed by atoms with van der Waals surface area (Å²) >= 11 is 0. The normalized spacial score (nSPS) is 10.6. The number of hydrogen-bond donors (Lipinski definition) is 2. The Morgan fingerprint density at radius 1 is 1.17 bits per heavy atom. The van der Waals surface area contributed by atoms with Gasteiger partial charge in [-0.2, -0.15) is 0 Å². The molecule has 3 N–H and O–H groups in total. The third-order valence-corrected chi connectivity index (χ3v) is 3.34. The Balaban J connectivity index is 1.68. The summed E-state index contributed by atoms with van der Waals surface area (Å²) in [5.41, 5.74) is 6.65. The molecule has 1 heterocycles. The maximum atomic E-state index is 13.7. The highest BCUT2D eigenvalue weighted by atomic mass is 19.1. The topological polar surface area (TPSA) is 85.8 Å². The molecular weight excluding hydrogens is 316 g/mol. The Morgan fingerprint density at radius 2 is 1.92 bits per heavy atom. The first-order valence-corrected chi connectivity index (χ1v) is 7.03. The average molecular weight is 329 g/mol. The fraction of sp³-hybridized carbons (Fsp3) is 0.0625. The number of hydrogen-bond acceptors (Lipinski definition) is 4. The molecule has 0 aliphatic carbocycles. The number of nitrogens with zero attached hydrogens (tertiary/aromatic N) is 3. The minimum Gasteiger partial charge on any atom is -0.379 e. The van der Waals surface area contributed by atoms with Crippen molar-refractivity contribution >= 4 is 11.6 Å². The van der Waals surface area contributed by atoms with Gasteiger partial charge in [0.25, 0.3) is 5.91 Å². The summed E-state index contributed by atoms with van der Waals surface area (Å²) in [6, 6.07) is 9.88. The monoisotopic (exact) mass is 329 g/mol. The lowest BCUT2D eigenvalue weighted by molar-refractivity contribution is 0.0996. The summed E-state index contributed by atoms with van der Waals surface area (Å²) in [6.07, 6.45) is 1.67. The van der Waals surface area contributed by atoms with Gasteiger partial charge in [0, 0.05) is 5.69 Å². The Morgan fingerprint density at radius 3 is 2.58 bits per heavy atom. The van der Waals surface area contributed by atoms with Crippen molar-refractivity contribution in [3.8, 4) is 5.69 Å². The summed E-state index contributed by atoms with van der Waals surface area (Å²) in [6.45, 7) is 0.302. The number of halogens is 2. The maximum absolute atomic E-state index is 13.7. The molecule has 0 saturated heterocycles. The third-order valence-electron chi connectivity index (χ3n) is 3.34. The van der Waals surface area contributed by atoms with E-state index in [4.69, 9.17) is 5.73 Å². The van der Waals surface area contributed by atoms with Crippen LogP contribution in [0, 0.1) is 11.6 Å². The van der Waals surface area contributed by atoms with Gasteiger partial charge in [-0.3, -0.25) is 4.79 Å². The number of nitrogens with two attached hydrogens (primary N) is 1. The molecule has 2 aromatic carbocycles. The van der Waals surface area contributed by atoms with E-state index in [0.29, 0.717) is 23.6 Å². The molecule has 0 atom stereocenters. The second-order valence-electron chi connectivity index (χ2n) is 5.04. The lowest BCUT2D eigenvalue weighted by atomic mass is 10.2. The van der Waals surface area contributed by atoms with Crippen molar-refractivity contribution in [1.29, 1.82) is 0 Å². The molecule has 122 valence electrons. The van der Waals surface area contributed by atoms with Crippen molar-refractivity contribution in [3.05, 3.63) is 71.6 Å². The number of carbonyl (C=O) groups excluding carboxylic acids is 1. The van der Waals surface area contributed by atoms with Crippen molar-refractivity contribution < 1.29 is 13.6 Å². The van der Waals surface area contributed by atoms with Crippen molar-refractivity contribution in [1.82, 2.24) is 15.0 Å². The maximum Gasteiger partial charge on any atom is 0.251 e. The highest BCUT2D eigenvalue weighted by Gasteiger charge is 2.09. The van der Waals surface area contributed by atoms with Gasteiger partial charge in [0.05, 0.1) is 24.0 Å². The molecular formula is C16H13F2N5O. The lowest BCUT2D eigenvalue weighted by Crippen LogP contribution is -2.13. The van der Waals surface area contributed by atoms with Gasteiger partial charge in [-0.15, -0.1) is 5.10 Å². The predicted octanol–water partition coefficient (Wildman–Crippen LogP) is 2.26. The number of benzene rings is 2. The number of carbonyl (C=O) groups is 1. The first kappa shape index (κ1) is 15.6. The van der Waals surface area contributed by atoms with E-state index in [2.05, 4.69) is 15.6 Å². The number of primary amides is 1. The van der Waals surface area contributed by atoms with Crippen LogP contribution in [-0.4, -0.2) is 20.9 Å². The first-order valence-electron chi connectivity index (χ1n) is 7.03. The smallest absolute Gasteiger partial charge is 0.251 e. The van der Waals surface area contributed by atoms with Crippen molar-refractivity contribution in [3.63, 3.8) is 0 Å². The molecule has 1 aromatic heterocycles. The van der Waals surface area contributed by atoms with Crippen LogP contribution < -0.4 is 11.1 Å². The van der Waals surface area contributed by atoms with Crippen LogP contribution in [0.15, 0.2) is 48.7 Å². The molecule has 24 heavy (non-hydrogen) atoms. The highest BCUT2D eigenvalue weighted by molar-refractivity contribution is 5.93. The molecule has 0 aliphatic rings. The molecule has 1 amide bonds. The van der Waals surface area contributed by atoms with E-state index >= 15 is 0 Å². The van der Waals surface area contributed by atoms with E-state index in [0.717, 1.165) is 0 Å². The van der Waals surface area contributed by atoms with Gasteiger partial charge >= 0.3 is 0 Å². The molecule has 6 nitrogen and oxygen atoms in total. The molecule has 0 fully saturated rings. The van der Waals surface area contributed by atoms with Crippen LogP contribution in [0.2, 0.25) is 0 Å². The lowest BCUT2D eigenvalue weighted by Gasteiger charge is -2.05. The largest absolute Gasteiger partial charge is 0.379 e. The molecule has 0 spiro atoms. The zero-order chi connectivity index (χ0) is 17.1. The standard InChI is InChI=1S/C16H13F2N5O/c17-10-1-4-13(5-2-10)23-9-12(21-22-23)8-20-11-3-6-14(16(19)24)15(18)7-11/h1-7,9,20H,8H2,(H2,19,24). The summed E-state index contributed by atoms with van der Waals surface area (Å²) in [5.74, 6) is -1.84. The summed E-state index contributed by atoms with van der Waals surface area (Å²) in [7, 11) is 0. The van der Waals surface area contributed by atoms with Crippen LogP contribution in [0.5, 0.6) is 0 Å². The molecule has 0 radical (unpaired) electrons. The Hall–Kier alpha value is -3.29. The number of rotatable bonds is 5. The molecule has 0 unspecified atom stereocenters. The quantitative estimate of drug-likeness (QED) is 0.752. The fourth-order valence-electron chi connectivity index (χ4n) is 2.12. The molecule has 3 aromatic rings. The zero-order valence-corrected chi connectivity index (χ0v) is 12.4. The van der Waals surface area contributed by atoms with Crippen molar-refractivity contribution in [2.24, 2.45) is 5.73 Å². The van der Waals surface area contributed by atoms with Gasteiger partial charge in [-0.1, -0.05) is 5.21 Å². The van der Waals surface area contributed by atoms with E-state index in [9.17, 15) is 13.6 Å². The van der Waals surface area contributed by atoms with E-state index < -0.39 is 11.7 Å². The van der Waals surface area contributed by atoms with Gasteiger partial charge in [0.1, 0.15) is 17.3 Å². The van der Waals surface area contributed by atoms with E-state index in [1.807, 2.05) is 0 Å². The second-order valence-corrected chi connectivity index (χ2v) is 5.04. The first-order chi connectivity index (χ1) is 11.5. The summed E-state index contributed by atoms with van der Waals surface area (Å²) < 4.78 is 28.1. The van der Waals surface area contributed by atoms with Gasteiger partial charge < -0.3 is 11.1 Å². The average Bonchev–Trinajstić information content (AvgIpc) is 3.02.